The summed E-state index contributed by atoms with van der Waals surface area (Å²) in [4.78, 5) is 2.63. The average Bonchev–Trinajstić information content (AvgIpc) is 2.80. The van der Waals surface area contributed by atoms with E-state index in [2.05, 4.69) is 24.1 Å². The van der Waals surface area contributed by atoms with E-state index in [9.17, 15) is 0 Å². The van der Waals surface area contributed by atoms with E-state index in [0.717, 1.165) is 6.54 Å². The van der Waals surface area contributed by atoms with Crippen LogP contribution in [0.4, 0.5) is 0 Å². The molecule has 17 heavy (non-hydrogen) atoms. The number of piperidine rings is 1. The van der Waals surface area contributed by atoms with Crippen LogP contribution in [-0.4, -0.2) is 50.3 Å². The zero-order chi connectivity index (χ0) is 12.3. The van der Waals surface area contributed by atoms with E-state index < -0.39 is 0 Å². The monoisotopic (exact) mass is 240 g/mol. The number of hydrogen-bond donors (Lipinski definition) is 1. The van der Waals surface area contributed by atoms with Crippen molar-refractivity contribution in [1.82, 2.24) is 10.2 Å². The van der Waals surface area contributed by atoms with Gasteiger partial charge in [-0.2, -0.15) is 0 Å². The standard InChI is InChI=1S/C14H28N2O/c1-4-14(2)5-7-16(8-6-14)11-12-9-13(17-3)10-15-12/h12-13,15H,4-11H2,1-3H3. The number of ether oxygens (including phenoxy) is 1. The predicted molar refractivity (Wildman–Crippen MR) is 71.3 cm³/mol. The van der Waals surface area contributed by atoms with Gasteiger partial charge in [-0.3, -0.25) is 0 Å². The third-order valence-corrected chi connectivity index (χ3v) is 4.91. The first-order valence-electron chi connectivity index (χ1n) is 7.14. The Morgan fingerprint density at radius 2 is 2.06 bits per heavy atom. The van der Waals surface area contributed by atoms with Crippen LogP contribution in [0.15, 0.2) is 0 Å². The molecule has 0 aromatic heterocycles. The van der Waals surface area contributed by atoms with Gasteiger partial charge in [0.25, 0.3) is 0 Å². The van der Waals surface area contributed by atoms with Crippen molar-refractivity contribution < 1.29 is 4.74 Å². The number of methoxy groups -OCH3 is 1. The molecule has 3 nitrogen and oxygen atoms in total. The molecule has 1 N–H and O–H groups in total. The first kappa shape index (κ1) is 13.3. The van der Waals surface area contributed by atoms with Crippen molar-refractivity contribution in [2.45, 2.75) is 51.7 Å². The van der Waals surface area contributed by atoms with Gasteiger partial charge < -0.3 is 15.0 Å². The molecule has 0 bridgehead atoms. The van der Waals surface area contributed by atoms with Crippen LogP contribution in [-0.2, 0) is 4.74 Å². The van der Waals surface area contributed by atoms with Crippen LogP contribution in [0, 0.1) is 5.41 Å². The third kappa shape index (κ3) is 3.43. The second kappa shape index (κ2) is 5.68. The molecule has 2 unspecified atom stereocenters. The predicted octanol–water partition coefficient (Wildman–Crippen LogP) is 1.88. The van der Waals surface area contributed by atoms with Crippen LogP contribution in [0.5, 0.6) is 0 Å². The van der Waals surface area contributed by atoms with Gasteiger partial charge >= 0.3 is 0 Å². The lowest BCUT2D eigenvalue weighted by Gasteiger charge is -2.39. The zero-order valence-electron chi connectivity index (χ0n) is 11.7. The lowest BCUT2D eigenvalue weighted by molar-refractivity contribution is 0.0989. The molecule has 0 amide bonds. The highest BCUT2D eigenvalue weighted by Gasteiger charge is 2.31. The van der Waals surface area contributed by atoms with E-state index in [4.69, 9.17) is 4.74 Å². The van der Waals surface area contributed by atoms with E-state index in [-0.39, 0.29) is 0 Å². The molecule has 2 saturated heterocycles. The molecule has 0 spiro atoms. The highest BCUT2D eigenvalue weighted by molar-refractivity contribution is 4.87. The van der Waals surface area contributed by atoms with Crippen molar-refractivity contribution in [2.75, 3.05) is 33.3 Å². The first-order valence-corrected chi connectivity index (χ1v) is 7.14. The van der Waals surface area contributed by atoms with Gasteiger partial charge in [-0.25, -0.2) is 0 Å². The summed E-state index contributed by atoms with van der Waals surface area (Å²) in [5, 5.41) is 3.57. The number of nitrogens with zero attached hydrogens (tertiary/aromatic N) is 1. The van der Waals surface area contributed by atoms with Crippen molar-refractivity contribution in [3.05, 3.63) is 0 Å². The van der Waals surface area contributed by atoms with E-state index in [1.807, 2.05) is 7.11 Å². The molecular weight excluding hydrogens is 212 g/mol. The van der Waals surface area contributed by atoms with Gasteiger partial charge in [-0.05, 0) is 37.8 Å². The van der Waals surface area contributed by atoms with E-state index >= 15 is 0 Å². The molecule has 2 aliphatic heterocycles. The summed E-state index contributed by atoms with van der Waals surface area (Å²) in [6, 6.07) is 0.644. The number of likely N-dealkylation sites (tertiary alicyclic amines) is 1. The summed E-state index contributed by atoms with van der Waals surface area (Å²) in [6.07, 6.45) is 5.67. The number of rotatable bonds is 4. The van der Waals surface area contributed by atoms with Crippen LogP contribution in [0.3, 0.4) is 0 Å². The molecule has 2 rings (SSSR count). The summed E-state index contributed by atoms with van der Waals surface area (Å²) in [5.74, 6) is 0. The molecule has 0 aromatic carbocycles. The summed E-state index contributed by atoms with van der Waals surface area (Å²) in [7, 11) is 1.82. The number of nitrogens with one attached hydrogen (secondary N) is 1. The molecule has 2 fully saturated rings. The largest absolute Gasteiger partial charge is 0.380 e. The minimum absolute atomic E-state index is 0.436. The molecule has 0 aromatic rings. The van der Waals surface area contributed by atoms with Gasteiger partial charge in [0.1, 0.15) is 0 Å². The normalized spacial score (nSPS) is 34.1. The Bertz CT molecular complexity index is 236. The second-order valence-electron chi connectivity index (χ2n) is 6.16. The average molecular weight is 240 g/mol. The quantitative estimate of drug-likeness (QED) is 0.812. The van der Waals surface area contributed by atoms with Gasteiger partial charge in [0.2, 0.25) is 0 Å². The fraction of sp³-hybridized carbons (Fsp3) is 1.00. The minimum atomic E-state index is 0.436. The second-order valence-corrected chi connectivity index (χ2v) is 6.16. The zero-order valence-corrected chi connectivity index (χ0v) is 11.7. The molecule has 0 aliphatic carbocycles. The Labute approximate surface area is 106 Å². The van der Waals surface area contributed by atoms with Crippen molar-refractivity contribution in [1.29, 1.82) is 0 Å². The van der Waals surface area contributed by atoms with Crippen LogP contribution >= 0.6 is 0 Å². The molecule has 0 saturated carbocycles. The molecule has 2 atom stereocenters. The fourth-order valence-corrected chi connectivity index (χ4v) is 3.04. The van der Waals surface area contributed by atoms with Crippen LogP contribution < -0.4 is 5.32 Å². The molecule has 100 valence electrons. The van der Waals surface area contributed by atoms with E-state index in [0.29, 0.717) is 17.6 Å². The fourth-order valence-electron chi connectivity index (χ4n) is 3.04. The summed E-state index contributed by atoms with van der Waals surface area (Å²) in [5.41, 5.74) is 0.606. The van der Waals surface area contributed by atoms with Gasteiger partial charge in [0.15, 0.2) is 0 Å². The van der Waals surface area contributed by atoms with Gasteiger partial charge in [0, 0.05) is 26.2 Å². The molecule has 2 heterocycles. The third-order valence-electron chi connectivity index (χ3n) is 4.91. The smallest absolute Gasteiger partial charge is 0.0711 e. The van der Waals surface area contributed by atoms with Gasteiger partial charge in [0.05, 0.1) is 6.10 Å². The maximum Gasteiger partial charge on any atom is 0.0711 e. The Hall–Kier alpha value is -0.120. The molecule has 0 radical (unpaired) electrons. The summed E-state index contributed by atoms with van der Waals surface area (Å²) in [6.45, 7) is 9.57. The lowest BCUT2D eigenvalue weighted by Crippen LogP contribution is -2.44. The highest BCUT2D eigenvalue weighted by atomic mass is 16.5. The number of hydrogen-bond acceptors (Lipinski definition) is 3. The lowest BCUT2D eigenvalue weighted by atomic mass is 9.78. The molecule has 2 aliphatic rings. The SMILES string of the molecule is CCC1(C)CCN(CC2CC(OC)CN2)CC1. The van der Waals surface area contributed by atoms with E-state index in [1.165, 1.54) is 45.3 Å². The van der Waals surface area contributed by atoms with Crippen molar-refractivity contribution in [2.24, 2.45) is 5.41 Å². The van der Waals surface area contributed by atoms with Crippen LogP contribution in [0.2, 0.25) is 0 Å². The molecular formula is C14H28N2O. The maximum absolute atomic E-state index is 5.40. The Kier molecular flexibility index (Phi) is 4.45. The highest BCUT2D eigenvalue weighted by Crippen LogP contribution is 2.34. The summed E-state index contributed by atoms with van der Waals surface area (Å²) < 4.78 is 5.40. The van der Waals surface area contributed by atoms with E-state index in [1.54, 1.807) is 0 Å². The van der Waals surface area contributed by atoms with Gasteiger partial charge in [-0.15, -0.1) is 0 Å². The van der Waals surface area contributed by atoms with Gasteiger partial charge in [-0.1, -0.05) is 20.3 Å². The Morgan fingerprint density at radius 3 is 2.59 bits per heavy atom. The van der Waals surface area contributed by atoms with Crippen LogP contribution in [0.25, 0.3) is 0 Å². The molecule has 3 heteroatoms. The Balaban J connectivity index is 1.72. The minimum Gasteiger partial charge on any atom is -0.380 e. The van der Waals surface area contributed by atoms with Crippen molar-refractivity contribution >= 4 is 0 Å². The topological polar surface area (TPSA) is 24.5 Å². The first-order chi connectivity index (χ1) is 8.15. The van der Waals surface area contributed by atoms with Crippen molar-refractivity contribution in [3.8, 4) is 0 Å². The summed E-state index contributed by atoms with van der Waals surface area (Å²) >= 11 is 0. The van der Waals surface area contributed by atoms with Crippen LogP contribution in [0.1, 0.15) is 39.5 Å². The van der Waals surface area contributed by atoms with Crippen molar-refractivity contribution in [3.63, 3.8) is 0 Å². The Morgan fingerprint density at radius 1 is 1.35 bits per heavy atom. The maximum atomic E-state index is 5.40.